The molecule has 0 saturated carbocycles. The SMILES string of the molecule is CCC(C)c1ccc(NC(N)=NCCCNS(=O)(=O)CC)cc1.I. The second-order valence-corrected chi connectivity index (χ2v) is 7.57. The maximum Gasteiger partial charge on any atom is 0.211 e. The van der Waals surface area contributed by atoms with Crippen molar-refractivity contribution in [3.05, 3.63) is 29.8 Å². The lowest BCUT2D eigenvalue weighted by molar-refractivity contribution is 0.581. The Labute approximate surface area is 162 Å². The van der Waals surface area contributed by atoms with Gasteiger partial charge in [-0.2, -0.15) is 0 Å². The number of nitrogens with one attached hydrogen (secondary N) is 2. The smallest absolute Gasteiger partial charge is 0.211 e. The normalized spacial score (nSPS) is 13.2. The zero-order valence-corrected chi connectivity index (χ0v) is 17.7. The summed E-state index contributed by atoms with van der Waals surface area (Å²) in [7, 11) is -3.13. The zero-order valence-electron chi connectivity index (χ0n) is 14.6. The van der Waals surface area contributed by atoms with E-state index in [9.17, 15) is 8.42 Å². The first-order valence-electron chi connectivity index (χ1n) is 8.02. The van der Waals surface area contributed by atoms with Crippen LogP contribution in [0.2, 0.25) is 0 Å². The van der Waals surface area contributed by atoms with Gasteiger partial charge in [0.25, 0.3) is 0 Å². The lowest BCUT2D eigenvalue weighted by atomic mass is 9.99. The van der Waals surface area contributed by atoms with E-state index in [0.717, 1.165) is 12.1 Å². The third-order valence-electron chi connectivity index (χ3n) is 3.68. The molecule has 0 radical (unpaired) electrons. The highest BCUT2D eigenvalue weighted by atomic mass is 127. The molecule has 0 saturated heterocycles. The van der Waals surface area contributed by atoms with Crippen molar-refractivity contribution in [3.8, 4) is 0 Å². The van der Waals surface area contributed by atoms with Crippen LogP contribution in [0.4, 0.5) is 5.69 Å². The molecule has 1 aromatic carbocycles. The average molecular weight is 468 g/mol. The number of benzene rings is 1. The summed E-state index contributed by atoms with van der Waals surface area (Å²) in [4.78, 5) is 4.19. The quantitative estimate of drug-likeness (QED) is 0.225. The van der Waals surface area contributed by atoms with Gasteiger partial charge in [-0.15, -0.1) is 24.0 Å². The summed E-state index contributed by atoms with van der Waals surface area (Å²) in [6, 6.07) is 8.14. The Balaban J connectivity index is 0.00000529. The van der Waals surface area contributed by atoms with Gasteiger partial charge in [0.2, 0.25) is 10.0 Å². The fourth-order valence-corrected chi connectivity index (χ4v) is 2.59. The Hall–Kier alpha value is -0.870. The van der Waals surface area contributed by atoms with Crippen molar-refractivity contribution in [1.29, 1.82) is 0 Å². The molecular weight excluding hydrogens is 439 g/mol. The zero-order chi connectivity index (χ0) is 17.3. The molecule has 138 valence electrons. The number of guanidine groups is 1. The van der Waals surface area contributed by atoms with Crippen LogP contribution in [0.3, 0.4) is 0 Å². The van der Waals surface area contributed by atoms with E-state index in [-0.39, 0.29) is 29.7 Å². The highest BCUT2D eigenvalue weighted by Crippen LogP contribution is 2.20. The number of aliphatic imine (C=N–C) groups is 1. The average Bonchev–Trinajstić information content (AvgIpc) is 2.54. The first kappa shape index (κ1) is 23.1. The predicted octanol–water partition coefficient (Wildman–Crippen LogP) is 2.87. The molecule has 1 atom stereocenters. The van der Waals surface area contributed by atoms with E-state index in [0.29, 0.717) is 31.4 Å². The summed E-state index contributed by atoms with van der Waals surface area (Å²) in [6.07, 6.45) is 1.72. The van der Waals surface area contributed by atoms with Crippen LogP contribution in [0, 0.1) is 0 Å². The molecule has 1 unspecified atom stereocenters. The standard InChI is InChI=1S/C16H28N4O2S.HI/c1-4-13(3)14-7-9-15(10-8-14)20-16(17)18-11-6-12-19-23(21,22)5-2;/h7-10,13,19H,4-6,11-12H2,1-3H3,(H3,17,18,20);1H. The summed E-state index contributed by atoms with van der Waals surface area (Å²) in [5, 5.41) is 3.03. The Bertz CT molecular complexity index is 603. The van der Waals surface area contributed by atoms with Crippen LogP contribution < -0.4 is 15.8 Å². The minimum absolute atomic E-state index is 0. The lowest BCUT2D eigenvalue weighted by Gasteiger charge is -2.10. The number of anilines is 1. The number of halogens is 1. The molecule has 6 nitrogen and oxygen atoms in total. The van der Waals surface area contributed by atoms with Gasteiger partial charge in [-0.1, -0.05) is 26.0 Å². The van der Waals surface area contributed by atoms with Gasteiger partial charge in [-0.3, -0.25) is 4.99 Å². The molecule has 0 fully saturated rings. The molecule has 1 rings (SSSR count). The van der Waals surface area contributed by atoms with E-state index in [1.165, 1.54) is 5.56 Å². The van der Waals surface area contributed by atoms with E-state index < -0.39 is 10.0 Å². The van der Waals surface area contributed by atoms with Gasteiger partial charge >= 0.3 is 0 Å². The first-order valence-corrected chi connectivity index (χ1v) is 9.67. The molecule has 0 aliphatic rings. The highest BCUT2D eigenvalue weighted by molar-refractivity contribution is 14.0. The number of hydrogen-bond acceptors (Lipinski definition) is 3. The van der Waals surface area contributed by atoms with Gasteiger partial charge in [0.1, 0.15) is 0 Å². The Morgan fingerprint density at radius 1 is 1.25 bits per heavy atom. The first-order chi connectivity index (χ1) is 10.9. The maximum absolute atomic E-state index is 11.3. The van der Waals surface area contributed by atoms with Crippen LogP contribution in [-0.4, -0.2) is 33.2 Å². The number of nitrogens with zero attached hydrogens (tertiary/aromatic N) is 1. The van der Waals surface area contributed by atoms with Crippen molar-refractivity contribution < 1.29 is 8.42 Å². The monoisotopic (exact) mass is 468 g/mol. The molecule has 0 spiro atoms. The topological polar surface area (TPSA) is 96.6 Å². The summed E-state index contributed by atoms with van der Waals surface area (Å²) in [5.41, 5.74) is 8.02. The van der Waals surface area contributed by atoms with Gasteiger partial charge in [0, 0.05) is 18.8 Å². The lowest BCUT2D eigenvalue weighted by Crippen LogP contribution is -2.27. The van der Waals surface area contributed by atoms with Crippen LogP contribution in [0.1, 0.15) is 45.1 Å². The van der Waals surface area contributed by atoms with Crippen LogP contribution in [0.5, 0.6) is 0 Å². The molecule has 8 heteroatoms. The molecule has 0 aliphatic carbocycles. The van der Waals surface area contributed by atoms with Crippen molar-refractivity contribution in [2.75, 3.05) is 24.2 Å². The molecule has 0 amide bonds. The summed E-state index contributed by atoms with van der Waals surface area (Å²) in [5.74, 6) is 0.966. The van der Waals surface area contributed by atoms with Crippen LogP contribution in [-0.2, 0) is 10.0 Å². The highest BCUT2D eigenvalue weighted by Gasteiger charge is 2.04. The third-order valence-corrected chi connectivity index (χ3v) is 5.09. The number of sulfonamides is 1. The Morgan fingerprint density at radius 3 is 2.42 bits per heavy atom. The molecule has 24 heavy (non-hydrogen) atoms. The number of nitrogens with two attached hydrogens (primary N) is 1. The number of rotatable bonds is 9. The Morgan fingerprint density at radius 2 is 1.88 bits per heavy atom. The minimum atomic E-state index is -3.13. The predicted molar refractivity (Wildman–Crippen MR) is 113 cm³/mol. The maximum atomic E-state index is 11.3. The van der Waals surface area contributed by atoms with Gasteiger partial charge in [0.15, 0.2) is 5.96 Å². The van der Waals surface area contributed by atoms with Gasteiger partial charge in [-0.25, -0.2) is 13.1 Å². The molecule has 0 heterocycles. The molecular formula is C16H29IN4O2S. The molecule has 0 aromatic heterocycles. The second kappa shape index (κ2) is 11.6. The largest absolute Gasteiger partial charge is 0.370 e. The van der Waals surface area contributed by atoms with Crippen molar-refractivity contribution in [2.24, 2.45) is 10.7 Å². The van der Waals surface area contributed by atoms with Gasteiger partial charge in [0.05, 0.1) is 5.75 Å². The Kier molecular flexibility index (Phi) is 11.2. The van der Waals surface area contributed by atoms with Crippen LogP contribution in [0.15, 0.2) is 29.3 Å². The molecule has 0 bridgehead atoms. The van der Waals surface area contributed by atoms with Crippen LogP contribution >= 0.6 is 24.0 Å². The fourth-order valence-electron chi connectivity index (χ4n) is 1.93. The molecule has 4 N–H and O–H groups in total. The summed E-state index contributed by atoms with van der Waals surface area (Å²) >= 11 is 0. The van der Waals surface area contributed by atoms with E-state index in [1.807, 2.05) is 12.1 Å². The summed E-state index contributed by atoms with van der Waals surface area (Å²) in [6.45, 7) is 6.81. The molecule has 1 aromatic rings. The van der Waals surface area contributed by atoms with E-state index in [2.05, 4.69) is 41.0 Å². The van der Waals surface area contributed by atoms with E-state index in [4.69, 9.17) is 5.73 Å². The van der Waals surface area contributed by atoms with Gasteiger partial charge < -0.3 is 11.1 Å². The van der Waals surface area contributed by atoms with Crippen molar-refractivity contribution in [2.45, 2.75) is 39.5 Å². The number of hydrogen-bond donors (Lipinski definition) is 3. The third kappa shape index (κ3) is 8.84. The minimum Gasteiger partial charge on any atom is -0.370 e. The second-order valence-electron chi connectivity index (χ2n) is 5.47. The van der Waals surface area contributed by atoms with Crippen molar-refractivity contribution in [1.82, 2.24) is 4.72 Å². The van der Waals surface area contributed by atoms with E-state index in [1.54, 1.807) is 6.92 Å². The molecule has 0 aliphatic heterocycles. The van der Waals surface area contributed by atoms with Crippen LogP contribution in [0.25, 0.3) is 0 Å². The van der Waals surface area contributed by atoms with E-state index >= 15 is 0 Å². The van der Waals surface area contributed by atoms with Crippen molar-refractivity contribution >= 4 is 45.6 Å². The van der Waals surface area contributed by atoms with Gasteiger partial charge in [-0.05, 0) is 43.4 Å². The summed E-state index contributed by atoms with van der Waals surface area (Å²) < 4.78 is 25.0. The van der Waals surface area contributed by atoms with Crippen molar-refractivity contribution in [3.63, 3.8) is 0 Å². The fraction of sp³-hybridized carbons (Fsp3) is 0.562.